The number of pyridine rings is 1. The molecule has 3 heteroatoms. The Morgan fingerprint density at radius 3 is 2.72 bits per heavy atom. The summed E-state index contributed by atoms with van der Waals surface area (Å²) in [6.07, 6.45) is 2.88. The minimum absolute atomic E-state index is 0.457. The molecule has 0 aliphatic carbocycles. The third-order valence-corrected chi connectivity index (χ3v) is 3.36. The van der Waals surface area contributed by atoms with Crippen LogP contribution in [-0.4, -0.2) is 23.5 Å². The standard InChI is InChI=1S/C15H19ClN2/c1-12(2)18(11-5-9-16)15-8-10-17-14-7-4-3-6-13(14)15/h3-4,6-8,10,12H,5,9,11H2,1-2H3. The number of para-hydroxylation sites is 1. The molecule has 0 saturated carbocycles. The molecule has 0 saturated heterocycles. The number of hydrogen-bond donors (Lipinski definition) is 0. The van der Waals surface area contributed by atoms with Crippen LogP contribution in [0.3, 0.4) is 0 Å². The maximum absolute atomic E-state index is 5.82. The highest BCUT2D eigenvalue weighted by Gasteiger charge is 2.13. The van der Waals surface area contributed by atoms with Gasteiger partial charge in [0.2, 0.25) is 0 Å². The van der Waals surface area contributed by atoms with Gasteiger partial charge in [0.05, 0.1) is 5.52 Å². The predicted octanol–water partition coefficient (Wildman–Crippen LogP) is 4.08. The number of rotatable bonds is 5. The van der Waals surface area contributed by atoms with Crippen molar-refractivity contribution in [1.82, 2.24) is 4.98 Å². The Kier molecular flexibility index (Phi) is 4.43. The van der Waals surface area contributed by atoms with Crippen molar-refractivity contribution in [2.45, 2.75) is 26.3 Å². The summed E-state index contributed by atoms with van der Waals surface area (Å²) in [7, 11) is 0. The minimum atomic E-state index is 0.457. The summed E-state index contributed by atoms with van der Waals surface area (Å²) in [5.41, 5.74) is 2.30. The van der Waals surface area contributed by atoms with E-state index in [4.69, 9.17) is 11.6 Å². The van der Waals surface area contributed by atoms with Crippen LogP contribution in [0, 0.1) is 0 Å². The third-order valence-electron chi connectivity index (χ3n) is 3.09. The van der Waals surface area contributed by atoms with Gasteiger partial charge in [-0.15, -0.1) is 11.6 Å². The molecular formula is C15H19ClN2. The predicted molar refractivity (Wildman–Crippen MR) is 79.6 cm³/mol. The van der Waals surface area contributed by atoms with Crippen molar-refractivity contribution >= 4 is 28.2 Å². The second-order valence-corrected chi connectivity index (χ2v) is 5.05. The summed E-state index contributed by atoms with van der Waals surface area (Å²) < 4.78 is 0. The molecule has 96 valence electrons. The molecule has 0 bridgehead atoms. The fourth-order valence-electron chi connectivity index (χ4n) is 2.22. The number of halogens is 1. The average molecular weight is 263 g/mol. The van der Waals surface area contributed by atoms with Crippen LogP contribution in [0.4, 0.5) is 5.69 Å². The third kappa shape index (κ3) is 2.75. The lowest BCUT2D eigenvalue weighted by Gasteiger charge is -2.29. The smallest absolute Gasteiger partial charge is 0.0722 e. The van der Waals surface area contributed by atoms with E-state index in [1.165, 1.54) is 11.1 Å². The highest BCUT2D eigenvalue weighted by molar-refractivity contribution is 6.17. The first-order chi connectivity index (χ1) is 8.74. The molecule has 2 aromatic rings. The molecular weight excluding hydrogens is 244 g/mol. The van der Waals surface area contributed by atoms with Gasteiger partial charge in [-0.1, -0.05) is 18.2 Å². The van der Waals surface area contributed by atoms with Crippen LogP contribution in [0.5, 0.6) is 0 Å². The van der Waals surface area contributed by atoms with Crippen molar-refractivity contribution in [3.8, 4) is 0 Å². The number of alkyl halides is 1. The Bertz CT molecular complexity index is 505. The van der Waals surface area contributed by atoms with E-state index in [0.717, 1.165) is 18.5 Å². The van der Waals surface area contributed by atoms with E-state index in [1.807, 2.05) is 12.3 Å². The Morgan fingerprint density at radius 1 is 1.22 bits per heavy atom. The zero-order chi connectivity index (χ0) is 13.0. The van der Waals surface area contributed by atoms with Crippen molar-refractivity contribution in [2.75, 3.05) is 17.3 Å². The van der Waals surface area contributed by atoms with Gasteiger partial charge in [0.25, 0.3) is 0 Å². The van der Waals surface area contributed by atoms with Crippen molar-refractivity contribution < 1.29 is 0 Å². The quantitative estimate of drug-likeness (QED) is 0.755. The van der Waals surface area contributed by atoms with Gasteiger partial charge in [0, 0.05) is 35.7 Å². The van der Waals surface area contributed by atoms with Crippen LogP contribution < -0.4 is 4.90 Å². The molecule has 1 aromatic heterocycles. The van der Waals surface area contributed by atoms with E-state index >= 15 is 0 Å². The van der Waals surface area contributed by atoms with Crippen LogP contribution in [0.2, 0.25) is 0 Å². The van der Waals surface area contributed by atoms with E-state index < -0.39 is 0 Å². The van der Waals surface area contributed by atoms with Gasteiger partial charge < -0.3 is 4.90 Å². The minimum Gasteiger partial charge on any atom is -0.368 e. The van der Waals surface area contributed by atoms with Gasteiger partial charge in [-0.3, -0.25) is 4.98 Å². The molecule has 2 nitrogen and oxygen atoms in total. The zero-order valence-electron chi connectivity index (χ0n) is 10.9. The lowest BCUT2D eigenvalue weighted by Crippen LogP contribution is -2.32. The van der Waals surface area contributed by atoms with Gasteiger partial charge >= 0.3 is 0 Å². The monoisotopic (exact) mass is 262 g/mol. The van der Waals surface area contributed by atoms with Crippen LogP contribution in [0.25, 0.3) is 10.9 Å². The summed E-state index contributed by atoms with van der Waals surface area (Å²) in [6, 6.07) is 10.8. The SMILES string of the molecule is CC(C)N(CCCCl)c1ccnc2ccccc12. The van der Waals surface area contributed by atoms with Gasteiger partial charge in [-0.25, -0.2) is 0 Å². The molecule has 0 aliphatic heterocycles. The van der Waals surface area contributed by atoms with Crippen LogP contribution in [0.1, 0.15) is 20.3 Å². The van der Waals surface area contributed by atoms with Crippen LogP contribution in [-0.2, 0) is 0 Å². The number of fused-ring (bicyclic) bond motifs is 1. The molecule has 1 aromatic carbocycles. The fraction of sp³-hybridized carbons (Fsp3) is 0.400. The topological polar surface area (TPSA) is 16.1 Å². The maximum Gasteiger partial charge on any atom is 0.0722 e. The molecule has 2 rings (SSSR count). The molecule has 0 aliphatic rings. The second-order valence-electron chi connectivity index (χ2n) is 4.68. The van der Waals surface area contributed by atoms with Gasteiger partial charge in [0.15, 0.2) is 0 Å². The van der Waals surface area contributed by atoms with E-state index in [9.17, 15) is 0 Å². The summed E-state index contributed by atoms with van der Waals surface area (Å²) in [4.78, 5) is 6.81. The number of nitrogens with zero attached hydrogens (tertiary/aromatic N) is 2. The lowest BCUT2D eigenvalue weighted by molar-refractivity contribution is 0.674. The summed E-state index contributed by atoms with van der Waals surface area (Å²) in [5.74, 6) is 0.701. The molecule has 0 N–H and O–H groups in total. The van der Waals surface area contributed by atoms with E-state index in [-0.39, 0.29) is 0 Å². The first-order valence-electron chi connectivity index (χ1n) is 6.40. The van der Waals surface area contributed by atoms with Crippen molar-refractivity contribution in [3.05, 3.63) is 36.5 Å². The van der Waals surface area contributed by atoms with E-state index in [0.29, 0.717) is 11.9 Å². The number of benzene rings is 1. The van der Waals surface area contributed by atoms with Gasteiger partial charge in [-0.05, 0) is 32.4 Å². The first-order valence-corrected chi connectivity index (χ1v) is 6.94. The molecule has 0 amide bonds. The van der Waals surface area contributed by atoms with Gasteiger partial charge in [0.1, 0.15) is 0 Å². The molecule has 0 fully saturated rings. The maximum atomic E-state index is 5.82. The van der Waals surface area contributed by atoms with Crippen LogP contribution in [0.15, 0.2) is 36.5 Å². The first kappa shape index (κ1) is 13.2. The Hall–Kier alpha value is -1.28. The Balaban J connectivity index is 2.43. The number of aromatic nitrogens is 1. The number of anilines is 1. The number of hydrogen-bond acceptors (Lipinski definition) is 2. The summed E-state index contributed by atoms with van der Waals surface area (Å²) >= 11 is 5.82. The Morgan fingerprint density at radius 2 is 2.00 bits per heavy atom. The summed E-state index contributed by atoms with van der Waals surface area (Å²) in [5, 5.41) is 1.21. The second kappa shape index (κ2) is 6.05. The van der Waals surface area contributed by atoms with Gasteiger partial charge in [-0.2, -0.15) is 0 Å². The van der Waals surface area contributed by atoms with Crippen LogP contribution >= 0.6 is 11.6 Å². The zero-order valence-corrected chi connectivity index (χ0v) is 11.7. The molecule has 18 heavy (non-hydrogen) atoms. The van der Waals surface area contributed by atoms with E-state index in [1.54, 1.807) is 0 Å². The highest BCUT2D eigenvalue weighted by Crippen LogP contribution is 2.26. The van der Waals surface area contributed by atoms with Crippen molar-refractivity contribution in [2.24, 2.45) is 0 Å². The lowest BCUT2D eigenvalue weighted by atomic mass is 10.1. The van der Waals surface area contributed by atoms with Crippen molar-refractivity contribution in [1.29, 1.82) is 0 Å². The largest absolute Gasteiger partial charge is 0.368 e. The van der Waals surface area contributed by atoms with Crippen molar-refractivity contribution in [3.63, 3.8) is 0 Å². The molecule has 0 atom stereocenters. The fourth-order valence-corrected chi connectivity index (χ4v) is 2.34. The highest BCUT2D eigenvalue weighted by atomic mass is 35.5. The normalized spacial score (nSPS) is 11.1. The average Bonchev–Trinajstić information content (AvgIpc) is 2.39. The molecule has 1 heterocycles. The molecule has 0 radical (unpaired) electrons. The van der Waals surface area contributed by atoms with E-state index in [2.05, 4.69) is 48.0 Å². The molecule has 0 unspecified atom stereocenters. The Labute approximate surface area is 114 Å². The summed E-state index contributed by atoms with van der Waals surface area (Å²) in [6.45, 7) is 5.40. The molecule has 0 spiro atoms.